The Morgan fingerprint density at radius 1 is 1.53 bits per heavy atom. The number of hydrogen-bond donors (Lipinski definition) is 2. The van der Waals surface area contributed by atoms with Crippen LogP contribution in [0.25, 0.3) is 0 Å². The van der Waals surface area contributed by atoms with Gasteiger partial charge in [0.05, 0.1) is 12.2 Å². The molecular formula is C12H20N4O. The maximum Gasteiger partial charge on any atom is 0.234 e. The molecule has 2 N–H and O–H groups in total. The van der Waals surface area contributed by atoms with E-state index in [1.165, 1.54) is 0 Å². The van der Waals surface area contributed by atoms with Gasteiger partial charge in [-0.3, -0.25) is 9.48 Å². The van der Waals surface area contributed by atoms with Gasteiger partial charge >= 0.3 is 0 Å². The van der Waals surface area contributed by atoms with Gasteiger partial charge in [-0.25, -0.2) is 0 Å². The van der Waals surface area contributed by atoms with Gasteiger partial charge < -0.3 is 10.6 Å². The molecule has 0 fully saturated rings. The summed E-state index contributed by atoms with van der Waals surface area (Å²) in [6.07, 6.45) is 1.72. The topological polar surface area (TPSA) is 59.0 Å². The predicted octanol–water partition coefficient (Wildman–Crippen LogP) is 0.429. The quantitative estimate of drug-likeness (QED) is 0.556. The summed E-state index contributed by atoms with van der Waals surface area (Å²) >= 11 is 0. The lowest BCUT2D eigenvalue weighted by atomic mass is 10.2. The minimum absolute atomic E-state index is 0.0190. The third-order valence-corrected chi connectivity index (χ3v) is 2.70. The van der Waals surface area contributed by atoms with Crippen molar-refractivity contribution in [1.82, 2.24) is 20.4 Å². The molecule has 1 heterocycles. The number of amides is 1. The SMILES string of the molecule is C=CCNCC(=O)NCc1c(C)nn(C)c1C. The van der Waals surface area contributed by atoms with Crippen LogP contribution in [-0.4, -0.2) is 28.8 Å². The van der Waals surface area contributed by atoms with Gasteiger partial charge in [0.25, 0.3) is 0 Å². The van der Waals surface area contributed by atoms with Gasteiger partial charge in [0.1, 0.15) is 0 Å². The molecule has 0 aliphatic rings. The van der Waals surface area contributed by atoms with Gasteiger partial charge in [-0.1, -0.05) is 6.08 Å². The van der Waals surface area contributed by atoms with E-state index in [-0.39, 0.29) is 5.91 Å². The first-order chi connectivity index (χ1) is 8.06. The lowest BCUT2D eigenvalue weighted by molar-refractivity contribution is -0.120. The fourth-order valence-electron chi connectivity index (χ4n) is 1.61. The standard InChI is InChI=1S/C12H20N4O/c1-5-6-13-8-12(17)14-7-11-9(2)15-16(4)10(11)3/h5,13H,1,6-8H2,2-4H3,(H,14,17). The van der Waals surface area contributed by atoms with Crippen LogP contribution in [0.4, 0.5) is 0 Å². The molecule has 1 rings (SSSR count). The molecule has 1 amide bonds. The lowest BCUT2D eigenvalue weighted by Crippen LogP contribution is -2.33. The summed E-state index contributed by atoms with van der Waals surface area (Å²) in [6, 6.07) is 0. The smallest absolute Gasteiger partial charge is 0.234 e. The Morgan fingerprint density at radius 3 is 2.76 bits per heavy atom. The second kappa shape index (κ2) is 6.20. The zero-order chi connectivity index (χ0) is 12.8. The molecule has 0 aromatic carbocycles. The monoisotopic (exact) mass is 236 g/mol. The minimum Gasteiger partial charge on any atom is -0.351 e. The van der Waals surface area contributed by atoms with Crippen molar-refractivity contribution in [2.24, 2.45) is 7.05 Å². The number of aromatic nitrogens is 2. The van der Waals surface area contributed by atoms with E-state index in [0.717, 1.165) is 17.0 Å². The molecule has 0 spiro atoms. The van der Waals surface area contributed by atoms with Crippen LogP contribution in [0, 0.1) is 13.8 Å². The molecule has 0 aliphatic heterocycles. The van der Waals surface area contributed by atoms with E-state index < -0.39 is 0 Å². The Bertz CT molecular complexity index is 409. The second-order valence-electron chi connectivity index (χ2n) is 3.97. The fourth-order valence-corrected chi connectivity index (χ4v) is 1.61. The summed E-state index contributed by atoms with van der Waals surface area (Å²) in [4.78, 5) is 11.5. The Kier molecular flexibility index (Phi) is 4.90. The van der Waals surface area contributed by atoms with Crippen molar-refractivity contribution in [3.8, 4) is 0 Å². The molecule has 0 atom stereocenters. The van der Waals surface area contributed by atoms with E-state index in [9.17, 15) is 4.79 Å². The third kappa shape index (κ3) is 3.71. The summed E-state index contributed by atoms with van der Waals surface area (Å²) in [5, 5.41) is 10.1. The highest BCUT2D eigenvalue weighted by Crippen LogP contribution is 2.10. The molecule has 0 unspecified atom stereocenters. The highest BCUT2D eigenvalue weighted by atomic mass is 16.1. The predicted molar refractivity (Wildman–Crippen MR) is 67.6 cm³/mol. The van der Waals surface area contributed by atoms with E-state index in [0.29, 0.717) is 19.6 Å². The number of carbonyl (C=O) groups is 1. The van der Waals surface area contributed by atoms with E-state index in [1.807, 2.05) is 25.6 Å². The average molecular weight is 236 g/mol. The van der Waals surface area contributed by atoms with Crippen LogP contribution in [0.2, 0.25) is 0 Å². The van der Waals surface area contributed by atoms with E-state index in [1.54, 1.807) is 6.08 Å². The maximum absolute atomic E-state index is 11.5. The molecule has 94 valence electrons. The Morgan fingerprint density at radius 2 is 2.24 bits per heavy atom. The van der Waals surface area contributed by atoms with Gasteiger partial charge in [-0.2, -0.15) is 5.10 Å². The van der Waals surface area contributed by atoms with Crippen molar-refractivity contribution >= 4 is 5.91 Å². The summed E-state index contributed by atoms with van der Waals surface area (Å²) in [5.41, 5.74) is 3.13. The van der Waals surface area contributed by atoms with E-state index in [4.69, 9.17) is 0 Å². The largest absolute Gasteiger partial charge is 0.351 e. The molecule has 5 nitrogen and oxygen atoms in total. The molecule has 0 saturated heterocycles. The highest BCUT2D eigenvalue weighted by molar-refractivity contribution is 5.78. The fraction of sp³-hybridized carbons (Fsp3) is 0.500. The van der Waals surface area contributed by atoms with E-state index >= 15 is 0 Å². The molecule has 0 aliphatic carbocycles. The van der Waals surface area contributed by atoms with Crippen LogP contribution < -0.4 is 10.6 Å². The summed E-state index contributed by atoms with van der Waals surface area (Å²) in [5.74, 6) is -0.0190. The van der Waals surface area contributed by atoms with Crippen molar-refractivity contribution in [3.63, 3.8) is 0 Å². The zero-order valence-corrected chi connectivity index (χ0v) is 10.7. The van der Waals surface area contributed by atoms with Gasteiger partial charge in [-0.15, -0.1) is 6.58 Å². The van der Waals surface area contributed by atoms with Gasteiger partial charge in [0.2, 0.25) is 5.91 Å². The summed E-state index contributed by atoms with van der Waals surface area (Å²) < 4.78 is 1.83. The van der Waals surface area contributed by atoms with Crippen molar-refractivity contribution < 1.29 is 4.79 Å². The Labute approximate surface area is 102 Å². The van der Waals surface area contributed by atoms with Crippen molar-refractivity contribution in [2.75, 3.05) is 13.1 Å². The van der Waals surface area contributed by atoms with Crippen LogP contribution in [0.3, 0.4) is 0 Å². The summed E-state index contributed by atoms with van der Waals surface area (Å²) in [7, 11) is 1.90. The van der Waals surface area contributed by atoms with Crippen molar-refractivity contribution in [3.05, 3.63) is 29.6 Å². The number of hydrogen-bond acceptors (Lipinski definition) is 3. The van der Waals surface area contributed by atoms with Crippen LogP contribution in [0.5, 0.6) is 0 Å². The van der Waals surface area contributed by atoms with Crippen LogP contribution in [0.1, 0.15) is 17.0 Å². The average Bonchev–Trinajstić information content (AvgIpc) is 2.51. The third-order valence-electron chi connectivity index (χ3n) is 2.70. The molecule has 0 saturated carbocycles. The zero-order valence-electron chi connectivity index (χ0n) is 10.7. The maximum atomic E-state index is 11.5. The summed E-state index contributed by atoms with van der Waals surface area (Å²) in [6.45, 7) is 8.99. The van der Waals surface area contributed by atoms with Crippen molar-refractivity contribution in [2.45, 2.75) is 20.4 Å². The van der Waals surface area contributed by atoms with E-state index in [2.05, 4.69) is 22.3 Å². The van der Waals surface area contributed by atoms with Gasteiger partial charge in [-0.05, 0) is 13.8 Å². The highest BCUT2D eigenvalue weighted by Gasteiger charge is 2.09. The number of rotatable bonds is 6. The molecule has 17 heavy (non-hydrogen) atoms. The molecular weight excluding hydrogens is 216 g/mol. The molecule has 1 aromatic heterocycles. The number of nitrogens with zero attached hydrogens (tertiary/aromatic N) is 2. The molecule has 0 radical (unpaired) electrons. The van der Waals surface area contributed by atoms with Crippen LogP contribution in [0.15, 0.2) is 12.7 Å². The number of carbonyl (C=O) groups excluding carboxylic acids is 1. The van der Waals surface area contributed by atoms with Crippen LogP contribution in [-0.2, 0) is 18.4 Å². The van der Waals surface area contributed by atoms with Crippen LogP contribution >= 0.6 is 0 Å². The normalized spacial score (nSPS) is 10.3. The Hall–Kier alpha value is -1.62. The number of aryl methyl sites for hydroxylation is 2. The molecule has 0 bridgehead atoms. The first-order valence-corrected chi connectivity index (χ1v) is 5.63. The van der Waals surface area contributed by atoms with Gasteiger partial charge in [0, 0.05) is 31.4 Å². The Balaban J connectivity index is 2.44. The second-order valence-corrected chi connectivity index (χ2v) is 3.97. The first-order valence-electron chi connectivity index (χ1n) is 5.63. The lowest BCUT2D eigenvalue weighted by Gasteiger charge is -2.06. The van der Waals surface area contributed by atoms with Gasteiger partial charge in [0.15, 0.2) is 0 Å². The number of nitrogens with one attached hydrogen (secondary N) is 2. The minimum atomic E-state index is -0.0190. The first kappa shape index (κ1) is 13.4. The molecule has 1 aromatic rings. The molecule has 5 heteroatoms. The van der Waals surface area contributed by atoms with Crippen molar-refractivity contribution in [1.29, 1.82) is 0 Å².